The van der Waals surface area contributed by atoms with E-state index < -0.39 is 0 Å². The quantitative estimate of drug-likeness (QED) is 0.539. The molecule has 0 unspecified atom stereocenters. The van der Waals surface area contributed by atoms with Crippen molar-refractivity contribution in [2.24, 2.45) is 11.1 Å². The number of amides is 1. The van der Waals surface area contributed by atoms with Gasteiger partial charge in [-0.25, -0.2) is 0 Å². The molecule has 1 aromatic rings. The van der Waals surface area contributed by atoms with Gasteiger partial charge in [-0.15, -0.1) is 0 Å². The van der Waals surface area contributed by atoms with Crippen LogP contribution in [0, 0.1) is 5.92 Å². The molecule has 0 aliphatic heterocycles. The summed E-state index contributed by atoms with van der Waals surface area (Å²) < 4.78 is 10.9. The summed E-state index contributed by atoms with van der Waals surface area (Å²) in [5.41, 5.74) is 0.812. The summed E-state index contributed by atoms with van der Waals surface area (Å²) in [5, 5.41) is 6.92. The summed E-state index contributed by atoms with van der Waals surface area (Å²) in [6, 6.07) is 5.78. The molecule has 1 aliphatic rings. The van der Waals surface area contributed by atoms with Crippen LogP contribution in [0.2, 0.25) is 0 Å². The molecule has 0 saturated heterocycles. The van der Waals surface area contributed by atoms with Gasteiger partial charge in [-0.3, -0.25) is 4.79 Å². The van der Waals surface area contributed by atoms with Gasteiger partial charge in [-0.2, -0.15) is 0 Å². The summed E-state index contributed by atoms with van der Waals surface area (Å²) >= 11 is 0. The number of nitrogens with zero attached hydrogens (tertiary/aromatic N) is 1. The highest BCUT2D eigenvalue weighted by Gasteiger charge is 2.22. The summed E-state index contributed by atoms with van der Waals surface area (Å²) in [5.74, 6) is 1.75. The van der Waals surface area contributed by atoms with Crippen molar-refractivity contribution < 1.29 is 19.1 Å². The zero-order chi connectivity index (χ0) is 18.8. The highest BCUT2D eigenvalue weighted by atomic mass is 16.6. The van der Waals surface area contributed by atoms with E-state index in [0.717, 1.165) is 18.4 Å². The van der Waals surface area contributed by atoms with Gasteiger partial charge in [0.1, 0.15) is 0 Å². The third kappa shape index (κ3) is 6.24. The summed E-state index contributed by atoms with van der Waals surface area (Å²) in [4.78, 5) is 17.1. The molecule has 6 heteroatoms. The molecule has 1 N–H and O–H groups in total. The minimum absolute atomic E-state index is 0.0749. The van der Waals surface area contributed by atoms with Crippen LogP contribution >= 0.6 is 0 Å². The van der Waals surface area contributed by atoms with Crippen LogP contribution in [0.5, 0.6) is 11.5 Å². The third-order valence-electron chi connectivity index (χ3n) is 4.58. The number of oxime groups is 1. The van der Waals surface area contributed by atoms with Crippen molar-refractivity contribution in [2.75, 3.05) is 20.3 Å². The van der Waals surface area contributed by atoms with Crippen LogP contribution in [-0.2, 0) is 9.63 Å². The minimum Gasteiger partial charge on any atom is -0.493 e. The van der Waals surface area contributed by atoms with Crippen LogP contribution in [0.25, 0.3) is 0 Å². The molecule has 1 aliphatic carbocycles. The number of methoxy groups -OCH3 is 1. The molecule has 2 rings (SSSR count). The first-order valence-electron chi connectivity index (χ1n) is 9.39. The SMILES string of the molecule is CCCOc1ccc(/C=N\OCC(=O)N[C@@H]2CCCC[C@H]2C)cc1OC. The molecule has 2 atom stereocenters. The Bertz CT molecular complexity index is 603. The fourth-order valence-electron chi connectivity index (χ4n) is 3.07. The van der Waals surface area contributed by atoms with Gasteiger partial charge in [0.2, 0.25) is 0 Å². The van der Waals surface area contributed by atoms with Crippen molar-refractivity contribution in [2.45, 2.75) is 52.0 Å². The predicted octanol–water partition coefficient (Wildman–Crippen LogP) is 3.53. The zero-order valence-corrected chi connectivity index (χ0v) is 16.0. The topological polar surface area (TPSA) is 69.2 Å². The van der Waals surface area contributed by atoms with Crippen molar-refractivity contribution in [3.63, 3.8) is 0 Å². The van der Waals surface area contributed by atoms with Gasteiger partial charge in [0, 0.05) is 11.6 Å². The summed E-state index contributed by atoms with van der Waals surface area (Å²) in [6.07, 6.45) is 7.13. The maximum Gasteiger partial charge on any atom is 0.261 e. The van der Waals surface area contributed by atoms with E-state index in [9.17, 15) is 4.79 Å². The van der Waals surface area contributed by atoms with Gasteiger partial charge < -0.3 is 19.6 Å². The van der Waals surface area contributed by atoms with E-state index in [1.54, 1.807) is 13.3 Å². The van der Waals surface area contributed by atoms with E-state index in [-0.39, 0.29) is 18.6 Å². The standard InChI is InChI=1S/C20H30N2O4/c1-4-11-25-18-10-9-16(12-19(18)24-3)13-21-26-14-20(23)22-17-8-6-5-7-15(17)2/h9-10,12-13,15,17H,4-8,11,14H2,1-3H3,(H,22,23)/b21-13-/t15-,17-/m1/s1. The first kappa shape index (κ1) is 20.1. The van der Waals surface area contributed by atoms with Crippen LogP contribution in [0.1, 0.15) is 51.5 Å². The summed E-state index contributed by atoms with van der Waals surface area (Å²) in [6.45, 7) is 4.80. The molecule has 1 fully saturated rings. The Morgan fingerprint density at radius 2 is 2.12 bits per heavy atom. The molecule has 1 aromatic carbocycles. The fraction of sp³-hybridized carbons (Fsp3) is 0.600. The van der Waals surface area contributed by atoms with Crippen molar-refractivity contribution in [3.05, 3.63) is 23.8 Å². The number of ether oxygens (including phenoxy) is 2. The van der Waals surface area contributed by atoms with Crippen molar-refractivity contribution in [3.8, 4) is 11.5 Å². The van der Waals surface area contributed by atoms with E-state index in [1.807, 2.05) is 18.2 Å². The van der Waals surface area contributed by atoms with E-state index in [4.69, 9.17) is 14.3 Å². The minimum atomic E-state index is -0.123. The van der Waals surface area contributed by atoms with Crippen molar-refractivity contribution in [1.82, 2.24) is 5.32 Å². The molecule has 144 valence electrons. The lowest BCUT2D eigenvalue weighted by atomic mass is 9.86. The lowest BCUT2D eigenvalue weighted by Crippen LogP contribution is -2.42. The van der Waals surface area contributed by atoms with Crippen molar-refractivity contribution in [1.29, 1.82) is 0 Å². The Labute approximate surface area is 155 Å². The van der Waals surface area contributed by atoms with Gasteiger partial charge in [0.15, 0.2) is 18.1 Å². The van der Waals surface area contributed by atoms with E-state index in [2.05, 4.69) is 24.3 Å². The Hall–Kier alpha value is -2.24. The molecule has 0 spiro atoms. The Morgan fingerprint density at radius 1 is 1.31 bits per heavy atom. The van der Waals surface area contributed by atoms with Crippen molar-refractivity contribution >= 4 is 12.1 Å². The maximum atomic E-state index is 12.0. The van der Waals surface area contributed by atoms with Crippen LogP contribution in [0.3, 0.4) is 0 Å². The number of nitrogens with one attached hydrogen (secondary N) is 1. The average molecular weight is 362 g/mol. The first-order chi connectivity index (χ1) is 12.6. The van der Waals surface area contributed by atoms with Gasteiger partial charge in [0.25, 0.3) is 5.91 Å². The number of carbonyl (C=O) groups excluding carboxylic acids is 1. The van der Waals surface area contributed by atoms with Gasteiger partial charge >= 0.3 is 0 Å². The monoisotopic (exact) mass is 362 g/mol. The molecule has 0 heterocycles. The summed E-state index contributed by atoms with van der Waals surface area (Å²) in [7, 11) is 1.60. The maximum absolute atomic E-state index is 12.0. The molecule has 1 amide bonds. The average Bonchev–Trinajstić information content (AvgIpc) is 2.65. The first-order valence-corrected chi connectivity index (χ1v) is 9.39. The molecule has 26 heavy (non-hydrogen) atoms. The van der Waals surface area contributed by atoms with Crippen LogP contribution in [-0.4, -0.2) is 38.5 Å². The van der Waals surface area contributed by atoms with Crippen LogP contribution in [0.4, 0.5) is 0 Å². The number of rotatable bonds is 9. The smallest absolute Gasteiger partial charge is 0.261 e. The van der Waals surface area contributed by atoms with E-state index >= 15 is 0 Å². The largest absolute Gasteiger partial charge is 0.493 e. The molecule has 0 bridgehead atoms. The molecule has 0 radical (unpaired) electrons. The van der Waals surface area contributed by atoms with E-state index in [0.29, 0.717) is 24.0 Å². The van der Waals surface area contributed by atoms with Gasteiger partial charge in [0.05, 0.1) is 19.9 Å². The number of benzene rings is 1. The molecular formula is C20H30N2O4. The zero-order valence-electron chi connectivity index (χ0n) is 16.0. The van der Waals surface area contributed by atoms with Crippen LogP contribution < -0.4 is 14.8 Å². The second-order valence-electron chi connectivity index (χ2n) is 6.70. The predicted molar refractivity (Wildman–Crippen MR) is 102 cm³/mol. The normalized spacial score (nSPS) is 20.0. The highest BCUT2D eigenvalue weighted by Crippen LogP contribution is 2.27. The second kappa shape index (κ2) is 10.7. The molecule has 0 aromatic heterocycles. The fourth-order valence-corrected chi connectivity index (χ4v) is 3.07. The molecular weight excluding hydrogens is 332 g/mol. The Balaban J connectivity index is 1.79. The van der Waals surface area contributed by atoms with Gasteiger partial charge in [-0.1, -0.05) is 31.8 Å². The Kier molecular flexibility index (Phi) is 8.25. The second-order valence-corrected chi connectivity index (χ2v) is 6.70. The van der Waals surface area contributed by atoms with Gasteiger partial charge in [-0.05, 0) is 43.4 Å². The lowest BCUT2D eigenvalue weighted by molar-refractivity contribution is -0.126. The lowest BCUT2D eigenvalue weighted by Gasteiger charge is -2.29. The number of hydrogen-bond acceptors (Lipinski definition) is 5. The number of hydrogen-bond donors (Lipinski definition) is 1. The third-order valence-corrected chi connectivity index (χ3v) is 4.58. The van der Waals surface area contributed by atoms with E-state index in [1.165, 1.54) is 19.3 Å². The number of carbonyl (C=O) groups is 1. The molecule has 6 nitrogen and oxygen atoms in total. The van der Waals surface area contributed by atoms with Crippen LogP contribution in [0.15, 0.2) is 23.4 Å². The Morgan fingerprint density at radius 3 is 2.85 bits per heavy atom. The molecule has 1 saturated carbocycles. The highest BCUT2D eigenvalue weighted by molar-refractivity contribution is 5.81.